The third-order valence-corrected chi connectivity index (χ3v) is 3.79. The Morgan fingerprint density at radius 2 is 1.48 bits per heavy atom. The van der Waals surface area contributed by atoms with E-state index in [1.165, 1.54) is 5.56 Å². The van der Waals surface area contributed by atoms with Crippen LogP contribution in [0.1, 0.15) is 5.56 Å². The Kier molecular flexibility index (Phi) is 3.35. The van der Waals surface area contributed by atoms with Crippen molar-refractivity contribution in [2.24, 2.45) is 0 Å². The zero-order valence-corrected chi connectivity index (χ0v) is 12.8. The van der Waals surface area contributed by atoms with E-state index in [4.69, 9.17) is 9.15 Å². The molecule has 0 aliphatic heterocycles. The van der Waals surface area contributed by atoms with Gasteiger partial charge >= 0.3 is 0 Å². The lowest BCUT2D eigenvalue weighted by Crippen LogP contribution is -1.83. The molecule has 0 atom stereocenters. The second-order valence-corrected chi connectivity index (χ2v) is 5.59. The molecule has 0 saturated carbocycles. The maximum Gasteiger partial charge on any atom is 0.135 e. The van der Waals surface area contributed by atoms with Gasteiger partial charge in [0, 0.05) is 10.9 Å². The maximum atomic E-state index is 5.95. The van der Waals surface area contributed by atoms with Crippen LogP contribution in [0.3, 0.4) is 0 Å². The molecule has 0 amide bonds. The quantitative estimate of drug-likeness (QED) is 0.449. The highest BCUT2D eigenvalue weighted by Gasteiger charge is 2.07. The molecule has 0 aliphatic rings. The first-order valence-electron chi connectivity index (χ1n) is 7.61. The minimum absolute atomic E-state index is 0.812. The van der Waals surface area contributed by atoms with Crippen LogP contribution in [0.2, 0.25) is 0 Å². The number of aryl methyl sites for hydroxylation is 1. The van der Waals surface area contributed by atoms with Crippen molar-refractivity contribution in [3.05, 3.63) is 84.4 Å². The van der Waals surface area contributed by atoms with Gasteiger partial charge in [0.2, 0.25) is 0 Å². The fourth-order valence-corrected chi connectivity index (χ4v) is 2.59. The summed E-state index contributed by atoms with van der Waals surface area (Å²) in [6.07, 6.45) is 0. The van der Waals surface area contributed by atoms with Gasteiger partial charge in [-0.25, -0.2) is 0 Å². The molecule has 0 bridgehead atoms. The predicted octanol–water partition coefficient (Wildman–Crippen LogP) is 6.20. The molecule has 23 heavy (non-hydrogen) atoms. The standard InChI is InChI=1S/C21H16O2/c1-15-7-8-17-14-21(23-20(17)13-15)16-9-11-19(12-10-16)22-18-5-3-2-4-6-18/h2-14H,1H3. The molecule has 4 rings (SSSR count). The van der Waals surface area contributed by atoms with Crippen molar-refractivity contribution in [1.82, 2.24) is 0 Å². The summed E-state index contributed by atoms with van der Waals surface area (Å²) in [4.78, 5) is 0. The van der Waals surface area contributed by atoms with E-state index in [1.54, 1.807) is 0 Å². The maximum absolute atomic E-state index is 5.95. The second kappa shape index (κ2) is 5.65. The summed E-state index contributed by atoms with van der Waals surface area (Å²) in [7, 11) is 0. The van der Waals surface area contributed by atoms with Crippen LogP contribution in [0.15, 0.2) is 83.3 Å². The van der Waals surface area contributed by atoms with Crippen molar-refractivity contribution in [2.75, 3.05) is 0 Å². The number of benzene rings is 3. The SMILES string of the molecule is Cc1ccc2cc(-c3ccc(Oc4ccccc4)cc3)oc2c1. The molecule has 4 aromatic rings. The van der Waals surface area contributed by atoms with E-state index in [9.17, 15) is 0 Å². The normalized spacial score (nSPS) is 10.8. The summed E-state index contributed by atoms with van der Waals surface area (Å²) in [6.45, 7) is 2.07. The third-order valence-electron chi connectivity index (χ3n) is 3.79. The van der Waals surface area contributed by atoms with Crippen molar-refractivity contribution in [3.63, 3.8) is 0 Å². The van der Waals surface area contributed by atoms with E-state index in [2.05, 4.69) is 31.2 Å². The summed E-state index contributed by atoms with van der Waals surface area (Å²) in [5.74, 6) is 2.52. The van der Waals surface area contributed by atoms with Crippen LogP contribution in [0.5, 0.6) is 11.5 Å². The van der Waals surface area contributed by atoms with E-state index < -0.39 is 0 Å². The Balaban J connectivity index is 1.61. The van der Waals surface area contributed by atoms with Gasteiger partial charge in [-0.15, -0.1) is 0 Å². The van der Waals surface area contributed by atoms with Gasteiger partial charge in [-0.2, -0.15) is 0 Å². The number of hydrogen-bond donors (Lipinski definition) is 0. The lowest BCUT2D eigenvalue weighted by Gasteiger charge is -2.05. The topological polar surface area (TPSA) is 22.4 Å². The van der Waals surface area contributed by atoms with Crippen LogP contribution in [-0.4, -0.2) is 0 Å². The van der Waals surface area contributed by atoms with Crippen LogP contribution >= 0.6 is 0 Å². The van der Waals surface area contributed by atoms with Crippen LogP contribution in [-0.2, 0) is 0 Å². The van der Waals surface area contributed by atoms with Crippen LogP contribution in [0.25, 0.3) is 22.3 Å². The number of para-hydroxylation sites is 1. The van der Waals surface area contributed by atoms with E-state index in [0.29, 0.717) is 0 Å². The highest BCUT2D eigenvalue weighted by molar-refractivity contribution is 5.83. The van der Waals surface area contributed by atoms with Crippen molar-refractivity contribution in [2.45, 2.75) is 6.92 Å². The van der Waals surface area contributed by atoms with E-state index in [-0.39, 0.29) is 0 Å². The minimum Gasteiger partial charge on any atom is -0.457 e. The molecule has 0 fully saturated rings. The number of ether oxygens (including phenoxy) is 1. The predicted molar refractivity (Wildman–Crippen MR) is 92.9 cm³/mol. The highest BCUT2D eigenvalue weighted by Crippen LogP contribution is 2.30. The average molecular weight is 300 g/mol. The van der Waals surface area contributed by atoms with Gasteiger partial charge in [-0.3, -0.25) is 0 Å². The Labute approximate surface area is 135 Å². The molecule has 2 nitrogen and oxygen atoms in total. The zero-order valence-electron chi connectivity index (χ0n) is 12.8. The number of fused-ring (bicyclic) bond motifs is 1. The molecule has 2 heteroatoms. The summed E-state index contributed by atoms with van der Waals surface area (Å²) in [5.41, 5.74) is 3.16. The zero-order chi connectivity index (χ0) is 15.6. The molecular weight excluding hydrogens is 284 g/mol. The van der Waals surface area contributed by atoms with Crippen molar-refractivity contribution in [3.8, 4) is 22.8 Å². The Morgan fingerprint density at radius 3 is 2.26 bits per heavy atom. The molecule has 0 radical (unpaired) electrons. The smallest absolute Gasteiger partial charge is 0.135 e. The number of furan rings is 1. The van der Waals surface area contributed by atoms with Gasteiger partial charge in [0.05, 0.1) is 0 Å². The Bertz CT molecular complexity index is 935. The third kappa shape index (κ3) is 2.84. The molecule has 112 valence electrons. The van der Waals surface area contributed by atoms with Gasteiger partial charge in [0.1, 0.15) is 22.8 Å². The molecule has 1 aromatic heterocycles. The molecule has 0 aliphatic carbocycles. The minimum atomic E-state index is 0.812. The van der Waals surface area contributed by atoms with Gasteiger partial charge in [0.25, 0.3) is 0 Å². The summed E-state index contributed by atoms with van der Waals surface area (Å²) >= 11 is 0. The van der Waals surface area contributed by atoms with Crippen molar-refractivity contribution >= 4 is 11.0 Å². The first kappa shape index (κ1) is 13.6. The van der Waals surface area contributed by atoms with E-state index in [0.717, 1.165) is 33.8 Å². The van der Waals surface area contributed by atoms with Crippen LogP contribution < -0.4 is 4.74 Å². The van der Waals surface area contributed by atoms with Gasteiger partial charge in [-0.05, 0) is 61.0 Å². The summed E-state index contributed by atoms with van der Waals surface area (Å²) in [6, 6.07) is 26.0. The van der Waals surface area contributed by atoms with Gasteiger partial charge in [-0.1, -0.05) is 30.3 Å². The lowest BCUT2D eigenvalue weighted by molar-refractivity contribution is 0.482. The fourth-order valence-electron chi connectivity index (χ4n) is 2.59. The van der Waals surface area contributed by atoms with Crippen LogP contribution in [0.4, 0.5) is 0 Å². The van der Waals surface area contributed by atoms with Crippen LogP contribution in [0, 0.1) is 6.92 Å². The first-order valence-corrected chi connectivity index (χ1v) is 7.61. The molecule has 0 saturated heterocycles. The first-order chi connectivity index (χ1) is 11.3. The number of hydrogen-bond acceptors (Lipinski definition) is 2. The van der Waals surface area contributed by atoms with Crippen molar-refractivity contribution < 1.29 is 9.15 Å². The lowest BCUT2D eigenvalue weighted by atomic mass is 10.1. The second-order valence-electron chi connectivity index (χ2n) is 5.59. The van der Waals surface area contributed by atoms with Crippen molar-refractivity contribution in [1.29, 1.82) is 0 Å². The molecule has 1 heterocycles. The molecule has 0 spiro atoms. The van der Waals surface area contributed by atoms with E-state index >= 15 is 0 Å². The van der Waals surface area contributed by atoms with Gasteiger partial charge < -0.3 is 9.15 Å². The Morgan fingerprint density at radius 1 is 0.739 bits per heavy atom. The molecular formula is C21H16O2. The monoisotopic (exact) mass is 300 g/mol. The molecule has 3 aromatic carbocycles. The molecule has 0 unspecified atom stereocenters. The average Bonchev–Trinajstić information content (AvgIpc) is 2.99. The van der Waals surface area contributed by atoms with E-state index in [1.807, 2.05) is 54.6 Å². The fraction of sp³-hybridized carbons (Fsp3) is 0.0476. The molecule has 0 N–H and O–H groups in total. The largest absolute Gasteiger partial charge is 0.457 e. The highest BCUT2D eigenvalue weighted by atomic mass is 16.5. The Hall–Kier alpha value is -3.00. The number of rotatable bonds is 3. The summed E-state index contributed by atoms with van der Waals surface area (Å²) < 4.78 is 11.8. The summed E-state index contributed by atoms with van der Waals surface area (Å²) in [5, 5.41) is 1.12. The van der Waals surface area contributed by atoms with Gasteiger partial charge in [0.15, 0.2) is 0 Å².